The molecule has 0 saturated heterocycles. The van der Waals surface area contributed by atoms with Crippen LogP contribution in [0.3, 0.4) is 0 Å². The van der Waals surface area contributed by atoms with Gasteiger partial charge < -0.3 is 11.1 Å². The maximum absolute atomic E-state index is 11.7. The van der Waals surface area contributed by atoms with E-state index in [0.29, 0.717) is 5.92 Å². The van der Waals surface area contributed by atoms with E-state index in [1.165, 1.54) is 19.3 Å². The van der Waals surface area contributed by atoms with Crippen LogP contribution >= 0.6 is 0 Å². The minimum Gasteiger partial charge on any atom is -0.354 e. The van der Waals surface area contributed by atoms with Crippen LogP contribution in [0.1, 0.15) is 46.5 Å². The zero-order valence-corrected chi connectivity index (χ0v) is 10.8. The van der Waals surface area contributed by atoms with Crippen molar-refractivity contribution in [3.05, 3.63) is 0 Å². The molecule has 0 heterocycles. The first-order chi connectivity index (χ1) is 7.54. The summed E-state index contributed by atoms with van der Waals surface area (Å²) in [4.78, 5) is 11.7. The van der Waals surface area contributed by atoms with E-state index in [9.17, 15) is 4.79 Å². The minimum absolute atomic E-state index is 0.0221. The summed E-state index contributed by atoms with van der Waals surface area (Å²) in [6.45, 7) is 7.19. The summed E-state index contributed by atoms with van der Waals surface area (Å²) >= 11 is 0. The Balaban J connectivity index is 2.24. The average Bonchev–Trinajstić information content (AvgIpc) is 2.69. The molecule has 1 aliphatic carbocycles. The Bertz CT molecular complexity index is 230. The summed E-state index contributed by atoms with van der Waals surface area (Å²) in [6, 6.07) is -0.344. The quantitative estimate of drug-likeness (QED) is 0.752. The fourth-order valence-electron chi connectivity index (χ4n) is 2.39. The summed E-state index contributed by atoms with van der Waals surface area (Å²) < 4.78 is 0. The summed E-state index contributed by atoms with van der Waals surface area (Å²) in [6.07, 6.45) is 4.76. The van der Waals surface area contributed by atoms with Crippen molar-refractivity contribution in [1.82, 2.24) is 5.32 Å². The first kappa shape index (κ1) is 13.5. The molecule has 0 spiro atoms. The first-order valence-electron chi connectivity index (χ1n) is 6.57. The molecule has 4 atom stereocenters. The van der Waals surface area contributed by atoms with Crippen molar-refractivity contribution >= 4 is 5.91 Å². The number of hydrogen-bond acceptors (Lipinski definition) is 2. The number of amides is 1. The van der Waals surface area contributed by atoms with Crippen LogP contribution < -0.4 is 11.1 Å². The summed E-state index contributed by atoms with van der Waals surface area (Å²) in [5.41, 5.74) is 5.87. The SMILES string of the molecule is CCC(C)[C@H](N)C(=O)NCC1CCC(C)C1. The first-order valence-corrected chi connectivity index (χ1v) is 6.57. The molecule has 0 aromatic rings. The van der Waals surface area contributed by atoms with Crippen molar-refractivity contribution < 1.29 is 4.79 Å². The predicted molar refractivity (Wildman–Crippen MR) is 66.9 cm³/mol. The molecular formula is C13H26N2O. The molecule has 1 amide bonds. The molecule has 0 aromatic carbocycles. The lowest BCUT2D eigenvalue weighted by Gasteiger charge is -2.19. The lowest BCUT2D eigenvalue weighted by Crippen LogP contribution is -2.45. The summed E-state index contributed by atoms with van der Waals surface area (Å²) in [7, 11) is 0. The Labute approximate surface area is 99.2 Å². The summed E-state index contributed by atoms with van der Waals surface area (Å²) in [5.74, 6) is 1.78. The number of nitrogens with one attached hydrogen (secondary N) is 1. The van der Waals surface area contributed by atoms with E-state index in [2.05, 4.69) is 19.2 Å². The van der Waals surface area contributed by atoms with Gasteiger partial charge in [0.15, 0.2) is 0 Å². The lowest BCUT2D eigenvalue weighted by molar-refractivity contribution is -0.123. The van der Waals surface area contributed by atoms with E-state index in [0.717, 1.165) is 18.9 Å². The van der Waals surface area contributed by atoms with Gasteiger partial charge in [-0.2, -0.15) is 0 Å². The molecule has 1 saturated carbocycles. The predicted octanol–water partition coefficient (Wildman–Crippen LogP) is 1.91. The molecular weight excluding hydrogens is 200 g/mol. The highest BCUT2D eigenvalue weighted by Gasteiger charge is 2.24. The van der Waals surface area contributed by atoms with Crippen LogP contribution in [0.2, 0.25) is 0 Å². The molecule has 1 fully saturated rings. The third-order valence-corrected chi connectivity index (χ3v) is 3.93. The van der Waals surface area contributed by atoms with Crippen LogP contribution in [0.5, 0.6) is 0 Å². The van der Waals surface area contributed by atoms with Crippen LogP contribution in [-0.2, 0) is 4.79 Å². The van der Waals surface area contributed by atoms with Gasteiger partial charge in [-0.1, -0.05) is 33.6 Å². The third-order valence-electron chi connectivity index (χ3n) is 3.93. The Kier molecular flexibility index (Phi) is 5.26. The molecule has 0 aromatic heterocycles. The molecule has 1 aliphatic rings. The van der Waals surface area contributed by atoms with Gasteiger partial charge in [0.25, 0.3) is 0 Å². The van der Waals surface area contributed by atoms with Gasteiger partial charge in [0.2, 0.25) is 5.91 Å². The van der Waals surface area contributed by atoms with Crippen molar-refractivity contribution in [3.8, 4) is 0 Å². The van der Waals surface area contributed by atoms with Crippen LogP contribution in [-0.4, -0.2) is 18.5 Å². The average molecular weight is 226 g/mol. The van der Waals surface area contributed by atoms with Gasteiger partial charge in [0.1, 0.15) is 0 Å². The molecule has 1 rings (SSSR count). The monoisotopic (exact) mass is 226 g/mol. The number of carbonyl (C=O) groups excluding carboxylic acids is 1. The molecule has 0 aliphatic heterocycles. The Morgan fingerprint density at radius 2 is 2.19 bits per heavy atom. The number of nitrogens with two attached hydrogens (primary N) is 1. The molecule has 0 bridgehead atoms. The Hall–Kier alpha value is -0.570. The maximum atomic E-state index is 11.7. The maximum Gasteiger partial charge on any atom is 0.237 e. The van der Waals surface area contributed by atoms with E-state index in [4.69, 9.17) is 5.73 Å². The van der Waals surface area contributed by atoms with Crippen LogP contribution in [0, 0.1) is 17.8 Å². The zero-order chi connectivity index (χ0) is 12.1. The van der Waals surface area contributed by atoms with E-state index in [1.54, 1.807) is 0 Å². The normalized spacial score (nSPS) is 28.8. The van der Waals surface area contributed by atoms with Gasteiger partial charge in [0, 0.05) is 6.54 Å². The van der Waals surface area contributed by atoms with Crippen molar-refractivity contribution in [2.75, 3.05) is 6.54 Å². The fraction of sp³-hybridized carbons (Fsp3) is 0.923. The molecule has 16 heavy (non-hydrogen) atoms. The highest BCUT2D eigenvalue weighted by molar-refractivity contribution is 5.81. The van der Waals surface area contributed by atoms with Gasteiger partial charge >= 0.3 is 0 Å². The summed E-state index contributed by atoms with van der Waals surface area (Å²) in [5, 5.41) is 3.00. The second-order valence-electron chi connectivity index (χ2n) is 5.44. The van der Waals surface area contributed by atoms with Crippen molar-refractivity contribution in [1.29, 1.82) is 0 Å². The fourth-order valence-corrected chi connectivity index (χ4v) is 2.39. The third kappa shape index (κ3) is 3.78. The van der Waals surface area contributed by atoms with Crippen molar-refractivity contribution in [2.45, 2.75) is 52.5 Å². The largest absolute Gasteiger partial charge is 0.354 e. The van der Waals surface area contributed by atoms with Gasteiger partial charge in [-0.05, 0) is 30.6 Å². The Morgan fingerprint density at radius 3 is 2.69 bits per heavy atom. The number of hydrogen-bond donors (Lipinski definition) is 2. The van der Waals surface area contributed by atoms with Crippen molar-refractivity contribution in [2.24, 2.45) is 23.5 Å². The van der Waals surface area contributed by atoms with E-state index in [-0.39, 0.29) is 17.9 Å². The smallest absolute Gasteiger partial charge is 0.237 e. The second kappa shape index (κ2) is 6.24. The van der Waals surface area contributed by atoms with E-state index < -0.39 is 0 Å². The van der Waals surface area contributed by atoms with Crippen LogP contribution in [0.25, 0.3) is 0 Å². The standard InChI is InChI=1S/C13H26N2O/c1-4-10(3)12(14)13(16)15-8-11-6-5-9(2)7-11/h9-12H,4-8,14H2,1-3H3,(H,15,16)/t9?,10?,11?,12-/m0/s1. The molecule has 3 unspecified atom stereocenters. The highest BCUT2D eigenvalue weighted by atomic mass is 16.2. The van der Waals surface area contributed by atoms with Gasteiger partial charge in [-0.3, -0.25) is 4.79 Å². The van der Waals surface area contributed by atoms with Crippen molar-refractivity contribution in [3.63, 3.8) is 0 Å². The molecule has 3 N–H and O–H groups in total. The molecule has 3 nitrogen and oxygen atoms in total. The topological polar surface area (TPSA) is 55.1 Å². The lowest BCUT2D eigenvalue weighted by atomic mass is 9.99. The Morgan fingerprint density at radius 1 is 1.50 bits per heavy atom. The van der Waals surface area contributed by atoms with Crippen LogP contribution in [0.15, 0.2) is 0 Å². The van der Waals surface area contributed by atoms with Crippen LogP contribution in [0.4, 0.5) is 0 Å². The molecule has 3 heteroatoms. The van der Waals surface area contributed by atoms with Gasteiger partial charge in [-0.25, -0.2) is 0 Å². The second-order valence-corrected chi connectivity index (χ2v) is 5.44. The highest BCUT2D eigenvalue weighted by Crippen LogP contribution is 2.29. The molecule has 94 valence electrons. The zero-order valence-electron chi connectivity index (χ0n) is 10.8. The van der Waals surface area contributed by atoms with Gasteiger partial charge in [0.05, 0.1) is 6.04 Å². The molecule has 0 radical (unpaired) electrons. The number of carbonyl (C=O) groups is 1. The van der Waals surface area contributed by atoms with Gasteiger partial charge in [-0.15, -0.1) is 0 Å². The number of rotatable bonds is 5. The van der Waals surface area contributed by atoms with E-state index >= 15 is 0 Å². The van der Waals surface area contributed by atoms with E-state index in [1.807, 2.05) is 6.92 Å². The minimum atomic E-state index is -0.344.